The van der Waals surface area contributed by atoms with Crippen molar-refractivity contribution in [2.75, 3.05) is 0 Å². The minimum Gasteiger partial charge on any atom is -0.490 e. The molecule has 0 amide bonds. The largest absolute Gasteiger partial charge is 0.490 e. The number of hydrogen-bond acceptors (Lipinski definition) is 2. The van der Waals surface area contributed by atoms with Crippen molar-refractivity contribution < 1.29 is 4.74 Å². The fourth-order valence-electron chi connectivity index (χ4n) is 1.93. The Morgan fingerprint density at radius 3 is 2.80 bits per heavy atom. The van der Waals surface area contributed by atoms with E-state index in [0.29, 0.717) is 6.10 Å². The first-order valence-electron chi connectivity index (χ1n) is 5.56. The molecule has 15 heavy (non-hydrogen) atoms. The summed E-state index contributed by atoms with van der Waals surface area (Å²) >= 11 is 0. The molecule has 0 spiro atoms. The number of aryl methyl sites for hydroxylation is 1. The fraction of sp³-hybridized carbons (Fsp3) is 0.538. The zero-order valence-corrected chi connectivity index (χ0v) is 9.71. The summed E-state index contributed by atoms with van der Waals surface area (Å²) in [6.45, 7) is 6.17. The molecule has 82 valence electrons. The lowest BCUT2D eigenvalue weighted by molar-refractivity contribution is 0.192. The molecular formula is C13H19NO. The van der Waals surface area contributed by atoms with E-state index in [2.05, 4.69) is 25.1 Å². The zero-order valence-electron chi connectivity index (χ0n) is 9.71. The van der Waals surface area contributed by atoms with Gasteiger partial charge in [0.1, 0.15) is 5.75 Å². The minimum absolute atomic E-state index is 0.266. The second-order valence-electron chi connectivity index (χ2n) is 5.01. The Morgan fingerprint density at radius 1 is 1.40 bits per heavy atom. The van der Waals surface area contributed by atoms with Crippen molar-refractivity contribution in [2.24, 2.45) is 5.73 Å². The Bertz CT molecular complexity index is 365. The summed E-state index contributed by atoms with van der Waals surface area (Å²) in [5, 5.41) is 0. The molecule has 0 fully saturated rings. The molecule has 0 saturated carbocycles. The van der Waals surface area contributed by atoms with Crippen LogP contribution >= 0.6 is 0 Å². The average molecular weight is 205 g/mol. The summed E-state index contributed by atoms with van der Waals surface area (Å²) in [6.07, 6.45) is 2.54. The second kappa shape index (κ2) is 3.53. The third-order valence-electron chi connectivity index (χ3n) is 2.95. The Morgan fingerprint density at radius 2 is 2.13 bits per heavy atom. The van der Waals surface area contributed by atoms with Gasteiger partial charge in [-0.3, -0.25) is 0 Å². The number of nitrogens with two attached hydrogens (primary N) is 1. The van der Waals surface area contributed by atoms with Gasteiger partial charge in [0.05, 0.1) is 6.10 Å². The van der Waals surface area contributed by atoms with Crippen LogP contribution < -0.4 is 10.5 Å². The van der Waals surface area contributed by atoms with Crippen molar-refractivity contribution in [2.45, 2.75) is 45.3 Å². The first-order chi connectivity index (χ1) is 6.97. The van der Waals surface area contributed by atoms with E-state index < -0.39 is 0 Å². The van der Waals surface area contributed by atoms with Crippen LogP contribution in [0.25, 0.3) is 0 Å². The molecule has 1 unspecified atom stereocenters. The van der Waals surface area contributed by atoms with E-state index in [1.807, 2.05) is 13.8 Å². The summed E-state index contributed by atoms with van der Waals surface area (Å²) in [6, 6.07) is 6.30. The maximum absolute atomic E-state index is 6.08. The molecule has 2 N–H and O–H groups in total. The van der Waals surface area contributed by atoms with E-state index in [9.17, 15) is 0 Å². The van der Waals surface area contributed by atoms with Crippen LogP contribution in [-0.2, 0) is 12.0 Å². The van der Waals surface area contributed by atoms with Crippen LogP contribution in [0.1, 0.15) is 38.3 Å². The summed E-state index contributed by atoms with van der Waals surface area (Å²) in [5.41, 5.74) is 8.29. The summed E-state index contributed by atoms with van der Waals surface area (Å²) in [7, 11) is 0. The summed E-state index contributed by atoms with van der Waals surface area (Å²) < 4.78 is 5.76. The van der Waals surface area contributed by atoms with Gasteiger partial charge in [-0.2, -0.15) is 0 Å². The molecule has 1 aliphatic heterocycles. The minimum atomic E-state index is -0.266. The molecule has 1 heterocycles. The van der Waals surface area contributed by atoms with Gasteiger partial charge in [0.2, 0.25) is 0 Å². The highest BCUT2D eigenvalue weighted by Crippen LogP contribution is 2.30. The third-order valence-corrected chi connectivity index (χ3v) is 2.95. The number of rotatable bonds is 1. The molecule has 2 heteroatoms. The number of ether oxygens (including phenoxy) is 1. The molecule has 1 aromatic carbocycles. The third kappa shape index (κ3) is 2.15. The van der Waals surface area contributed by atoms with Crippen molar-refractivity contribution in [3.63, 3.8) is 0 Å². The predicted molar refractivity (Wildman–Crippen MR) is 62.1 cm³/mol. The fourth-order valence-corrected chi connectivity index (χ4v) is 1.93. The van der Waals surface area contributed by atoms with E-state index in [-0.39, 0.29) is 5.54 Å². The van der Waals surface area contributed by atoms with Gasteiger partial charge in [-0.05, 0) is 50.8 Å². The van der Waals surface area contributed by atoms with Crippen LogP contribution in [0.15, 0.2) is 18.2 Å². The monoisotopic (exact) mass is 205 g/mol. The van der Waals surface area contributed by atoms with Gasteiger partial charge in [-0.1, -0.05) is 12.1 Å². The van der Waals surface area contributed by atoms with Gasteiger partial charge in [-0.15, -0.1) is 0 Å². The topological polar surface area (TPSA) is 35.2 Å². The van der Waals surface area contributed by atoms with E-state index in [1.165, 1.54) is 11.1 Å². The van der Waals surface area contributed by atoms with Gasteiger partial charge in [-0.25, -0.2) is 0 Å². The normalized spacial score (nSPS) is 20.7. The summed E-state index contributed by atoms with van der Waals surface area (Å²) in [4.78, 5) is 0. The number of hydrogen-bond donors (Lipinski definition) is 1. The highest BCUT2D eigenvalue weighted by atomic mass is 16.5. The highest BCUT2D eigenvalue weighted by molar-refractivity contribution is 5.40. The highest BCUT2D eigenvalue weighted by Gasteiger charge is 2.20. The lowest BCUT2D eigenvalue weighted by Crippen LogP contribution is -2.29. The molecule has 1 aliphatic rings. The summed E-state index contributed by atoms with van der Waals surface area (Å²) in [5.74, 6) is 1.03. The van der Waals surface area contributed by atoms with Crippen LogP contribution in [0.2, 0.25) is 0 Å². The smallest absolute Gasteiger partial charge is 0.122 e. The zero-order chi connectivity index (χ0) is 11.1. The van der Waals surface area contributed by atoms with Gasteiger partial charge in [0, 0.05) is 5.54 Å². The molecule has 1 atom stereocenters. The standard InChI is InChI=1S/C13H19NO/c1-9-4-5-10-8-11(13(2,3)14)6-7-12(10)15-9/h6-9H,4-5,14H2,1-3H3. The molecule has 0 aliphatic carbocycles. The maximum Gasteiger partial charge on any atom is 0.122 e. The van der Waals surface area contributed by atoms with Gasteiger partial charge < -0.3 is 10.5 Å². The molecule has 0 saturated heterocycles. The van der Waals surface area contributed by atoms with Crippen LogP contribution in [-0.4, -0.2) is 6.10 Å². The van der Waals surface area contributed by atoms with E-state index in [1.54, 1.807) is 0 Å². The van der Waals surface area contributed by atoms with Crippen molar-refractivity contribution in [3.8, 4) is 5.75 Å². The van der Waals surface area contributed by atoms with Crippen molar-refractivity contribution in [1.82, 2.24) is 0 Å². The number of fused-ring (bicyclic) bond motifs is 1. The molecule has 1 aromatic rings. The molecule has 2 rings (SSSR count). The molecular weight excluding hydrogens is 186 g/mol. The Hall–Kier alpha value is -1.02. The van der Waals surface area contributed by atoms with E-state index >= 15 is 0 Å². The molecule has 0 radical (unpaired) electrons. The van der Waals surface area contributed by atoms with Gasteiger partial charge in [0.15, 0.2) is 0 Å². The van der Waals surface area contributed by atoms with Crippen molar-refractivity contribution in [3.05, 3.63) is 29.3 Å². The van der Waals surface area contributed by atoms with E-state index in [4.69, 9.17) is 10.5 Å². The lowest BCUT2D eigenvalue weighted by Gasteiger charge is -2.26. The predicted octanol–water partition coefficient (Wildman–Crippen LogP) is 2.59. The SMILES string of the molecule is CC1CCc2cc(C(C)(C)N)ccc2O1. The number of benzene rings is 1. The quantitative estimate of drug-likeness (QED) is 0.764. The first kappa shape index (κ1) is 10.5. The van der Waals surface area contributed by atoms with Crippen molar-refractivity contribution >= 4 is 0 Å². The van der Waals surface area contributed by atoms with Gasteiger partial charge in [0.25, 0.3) is 0 Å². The van der Waals surface area contributed by atoms with Crippen LogP contribution in [0.3, 0.4) is 0 Å². The maximum atomic E-state index is 6.08. The lowest BCUT2D eigenvalue weighted by atomic mass is 9.91. The van der Waals surface area contributed by atoms with Crippen LogP contribution in [0.4, 0.5) is 0 Å². The molecule has 0 bridgehead atoms. The Labute approximate surface area is 91.4 Å². The van der Waals surface area contributed by atoms with Crippen LogP contribution in [0.5, 0.6) is 5.75 Å². The van der Waals surface area contributed by atoms with E-state index in [0.717, 1.165) is 18.6 Å². The average Bonchev–Trinajstić information content (AvgIpc) is 2.15. The first-order valence-corrected chi connectivity index (χ1v) is 5.56. The van der Waals surface area contributed by atoms with Crippen LogP contribution in [0, 0.1) is 0 Å². The second-order valence-corrected chi connectivity index (χ2v) is 5.01. The molecule has 0 aromatic heterocycles. The van der Waals surface area contributed by atoms with Gasteiger partial charge >= 0.3 is 0 Å². The Balaban J connectivity index is 2.35. The van der Waals surface area contributed by atoms with Crippen molar-refractivity contribution in [1.29, 1.82) is 0 Å². The molecule has 2 nitrogen and oxygen atoms in total. The Kier molecular flexibility index (Phi) is 2.47.